The number of ether oxygens (including phenoxy) is 1. The summed E-state index contributed by atoms with van der Waals surface area (Å²) in [4.78, 5) is 18.8. The molecule has 0 radical (unpaired) electrons. The smallest absolute Gasteiger partial charge is 0.252 e. The molecule has 2 aromatic carbocycles. The van der Waals surface area contributed by atoms with E-state index >= 15 is 0 Å². The molecular weight excluding hydrogens is 384 g/mol. The Hall–Kier alpha value is -2.93. The van der Waals surface area contributed by atoms with Gasteiger partial charge in [-0.25, -0.2) is 10.4 Å². The van der Waals surface area contributed by atoms with Crippen LogP contribution in [0, 0.1) is 0 Å². The van der Waals surface area contributed by atoms with Gasteiger partial charge in [-0.1, -0.05) is 30.3 Å². The Bertz CT molecular complexity index is 955. The van der Waals surface area contributed by atoms with Crippen LogP contribution in [0.2, 0.25) is 0 Å². The highest BCUT2D eigenvalue weighted by Crippen LogP contribution is 2.24. The van der Waals surface area contributed by atoms with Crippen LogP contribution >= 0.6 is 15.9 Å². The van der Waals surface area contributed by atoms with Crippen molar-refractivity contribution in [3.05, 3.63) is 75.0 Å². The van der Waals surface area contributed by atoms with Gasteiger partial charge in [-0.05, 0) is 39.7 Å². The fourth-order valence-corrected chi connectivity index (χ4v) is 2.76. The topological polar surface area (TPSA) is 79.4 Å². The van der Waals surface area contributed by atoms with E-state index in [2.05, 4.69) is 36.4 Å². The molecule has 1 aromatic heterocycles. The van der Waals surface area contributed by atoms with E-state index in [0.29, 0.717) is 5.69 Å². The molecule has 0 amide bonds. The summed E-state index contributed by atoms with van der Waals surface area (Å²) in [6.45, 7) is 0. The van der Waals surface area contributed by atoms with Gasteiger partial charge in [0.2, 0.25) is 5.95 Å². The zero-order chi connectivity index (χ0) is 17.6. The first-order valence-corrected chi connectivity index (χ1v) is 8.24. The number of hydrazone groups is 1. The van der Waals surface area contributed by atoms with E-state index in [-0.39, 0.29) is 11.5 Å². The molecule has 0 aliphatic heterocycles. The Labute approximate surface area is 152 Å². The lowest BCUT2D eigenvalue weighted by atomic mass is 10.1. The summed E-state index contributed by atoms with van der Waals surface area (Å²) in [5.74, 6) is 1.02. The minimum atomic E-state index is -0.251. The second-order valence-corrected chi connectivity index (χ2v) is 5.96. The van der Waals surface area contributed by atoms with E-state index in [4.69, 9.17) is 4.74 Å². The zero-order valence-electron chi connectivity index (χ0n) is 13.4. The zero-order valence-corrected chi connectivity index (χ0v) is 14.9. The van der Waals surface area contributed by atoms with Crippen molar-refractivity contribution in [3.8, 4) is 17.0 Å². The summed E-state index contributed by atoms with van der Waals surface area (Å²) in [6, 6.07) is 16.5. The molecule has 0 saturated carbocycles. The fourth-order valence-electron chi connectivity index (χ4n) is 2.20. The van der Waals surface area contributed by atoms with Crippen molar-refractivity contribution in [3.63, 3.8) is 0 Å². The predicted molar refractivity (Wildman–Crippen MR) is 102 cm³/mol. The first-order valence-electron chi connectivity index (χ1n) is 7.45. The summed E-state index contributed by atoms with van der Waals surface area (Å²) in [5.41, 5.74) is 4.80. The first-order chi connectivity index (χ1) is 12.2. The molecule has 7 heteroatoms. The van der Waals surface area contributed by atoms with Crippen molar-refractivity contribution in [1.29, 1.82) is 0 Å². The van der Waals surface area contributed by atoms with E-state index in [1.165, 1.54) is 6.07 Å². The van der Waals surface area contributed by atoms with E-state index in [0.717, 1.165) is 21.3 Å². The molecule has 0 bridgehead atoms. The Morgan fingerprint density at radius 2 is 2.00 bits per heavy atom. The Balaban J connectivity index is 1.78. The minimum Gasteiger partial charge on any atom is -0.496 e. The molecular formula is C18H15BrN4O2. The number of nitrogens with one attached hydrogen (secondary N) is 2. The largest absolute Gasteiger partial charge is 0.496 e. The van der Waals surface area contributed by atoms with Crippen LogP contribution in [0.4, 0.5) is 5.95 Å². The van der Waals surface area contributed by atoms with Crippen molar-refractivity contribution in [1.82, 2.24) is 9.97 Å². The molecule has 0 atom stereocenters. The summed E-state index contributed by atoms with van der Waals surface area (Å²) < 4.78 is 6.02. The van der Waals surface area contributed by atoms with Crippen molar-refractivity contribution < 1.29 is 4.74 Å². The van der Waals surface area contributed by atoms with Gasteiger partial charge in [0.25, 0.3) is 5.56 Å². The predicted octanol–water partition coefficient (Wildman–Crippen LogP) is 3.65. The lowest BCUT2D eigenvalue weighted by Gasteiger charge is -2.04. The van der Waals surface area contributed by atoms with E-state index < -0.39 is 0 Å². The molecule has 0 unspecified atom stereocenters. The van der Waals surface area contributed by atoms with Gasteiger partial charge in [0.1, 0.15) is 5.75 Å². The maximum absolute atomic E-state index is 11.8. The van der Waals surface area contributed by atoms with Gasteiger partial charge in [0.15, 0.2) is 0 Å². The van der Waals surface area contributed by atoms with Crippen molar-refractivity contribution in [2.75, 3.05) is 12.5 Å². The lowest BCUT2D eigenvalue weighted by molar-refractivity contribution is 0.412. The third kappa shape index (κ3) is 4.33. The number of H-pyrrole nitrogens is 1. The number of hydrogen-bond acceptors (Lipinski definition) is 5. The van der Waals surface area contributed by atoms with Crippen molar-refractivity contribution in [2.24, 2.45) is 5.10 Å². The number of halogens is 1. The van der Waals surface area contributed by atoms with Gasteiger partial charge >= 0.3 is 0 Å². The van der Waals surface area contributed by atoms with Crippen LogP contribution in [-0.4, -0.2) is 23.3 Å². The lowest BCUT2D eigenvalue weighted by Crippen LogP contribution is -2.10. The summed E-state index contributed by atoms with van der Waals surface area (Å²) >= 11 is 3.42. The third-order valence-corrected chi connectivity index (χ3v) is 3.99. The number of rotatable bonds is 5. The normalized spacial score (nSPS) is 10.8. The van der Waals surface area contributed by atoms with Crippen LogP contribution in [0.15, 0.2) is 69.0 Å². The number of nitrogens with zero attached hydrogens (tertiary/aromatic N) is 2. The number of aromatic amines is 1. The van der Waals surface area contributed by atoms with Crippen LogP contribution in [0.3, 0.4) is 0 Å². The summed E-state index contributed by atoms with van der Waals surface area (Å²) in [6.07, 6.45) is 1.62. The molecule has 126 valence electrons. The second kappa shape index (κ2) is 7.76. The molecule has 25 heavy (non-hydrogen) atoms. The fraction of sp³-hybridized carbons (Fsp3) is 0.0556. The van der Waals surface area contributed by atoms with Gasteiger partial charge < -0.3 is 4.74 Å². The number of benzene rings is 2. The molecule has 6 nitrogen and oxygen atoms in total. The molecule has 0 aliphatic carbocycles. The minimum absolute atomic E-state index is 0.251. The standard InChI is InChI=1S/C18H15BrN4O2/c1-25-16-8-7-12(9-14(16)19)11-20-23-18-21-15(10-17(24)22-18)13-5-3-2-4-6-13/h2-11H,1H3,(H2,21,22,23,24)/b20-11+. The molecule has 3 aromatic rings. The maximum Gasteiger partial charge on any atom is 0.252 e. The first kappa shape index (κ1) is 16.9. The highest BCUT2D eigenvalue weighted by Gasteiger charge is 2.03. The van der Waals surface area contributed by atoms with Gasteiger partial charge in [-0.3, -0.25) is 9.78 Å². The summed E-state index contributed by atoms with van der Waals surface area (Å²) in [7, 11) is 1.61. The van der Waals surface area contributed by atoms with Crippen molar-refractivity contribution in [2.45, 2.75) is 0 Å². The van der Waals surface area contributed by atoms with Crippen LogP contribution in [-0.2, 0) is 0 Å². The highest BCUT2D eigenvalue weighted by atomic mass is 79.9. The van der Waals surface area contributed by atoms with Crippen LogP contribution in [0.5, 0.6) is 5.75 Å². The maximum atomic E-state index is 11.8. The van der Waals surface area contributed by atoms with Gasteiger partial charge in [0, 0.05) is 11.6 Å². The number of hydrogen-bond donors (Lipinski definition) is 2. The van der Waals surface area contributed by atoms with E-state index in [1.54, 1.807) is 13.3 Å². The van der Waals surface area contributed by atoms with E-state index in [1.807, 2.05) is 48.5 Å². The quantitative estimate of drug-likeness (QED) is 0.507. The van der Waals surface area contributed by atoms with Crippen LogP contribution in [0.25, 0.3) is 11.3 Å². The number of methoxy groups -OCH3 is 1. The number of aromatic nitrogens is 2. The highest BCUT2D eigenvalue weighted by molar-refractivity contribution is 9.10. The molecule has 0 aliphatic rings. The monoisotopic (exact) mass is 398 g/mol. The second-order valence-electron chi connectivity index (χ2n) is 5.11. The SMILES string of the molecule is COc1ccc(/C=N/Nc2nc(-c3ccccc3)cc(=O)[nH]2)cc1Br. The molecule has 0 spiro atoms. The van der Waals surface area contributed by atoms with Gasteiger partial charge in [-0.15, -0.1) is 0 Å². The summed E-state index contributed by atoms with van der Waals surface area (Å²) in [5, 5.41) is 4.12. The Kier molecular flexibility index (Phi) is 5.25. The van der Waals surface area contributed by atoms with Crippen LogP contribution in [0.1, 0.15) is 5.56 Å². The number of anilines is 1. The molecule has 0 fully saturated rings. The average Bonchev–Trinajstić information content (AvgIpc) is 2.62. The average molecular weight is 399 g/mol. The molecule has 0 saturated heterocycles. The molecule has 1 heterocycles. The van der Waals surface area contributed by atoms with Crippen LogP contribution < -0.4 is 15.7 Å². The molecule has 3 rings (SSSR count). The Morgan fingerprint density at radius 3 is 2.72 bits per heavy atom. The van der Waals surface area contributed by atoms with E-state index in [9.17, 15) is 4.79 Å². The molecule has 2 N–H and O–H groups in total. The van der Waals surface area contributed by atoms with Crippen molar-refractivity contribution >= 4 is 28.1 Å². The van der Waals surface area contributed by atoms with Gasteiger partial charge in [0.05, 0.1) is 23.5 Å². The Morgan fingerprint density at radius 1 is 1.20 bits per heavy atom. The third-order valence-electron chi connectivity index (χ3n) is 3.37. The van der Waals surface area contributed by atoms with Gasteiger partial charge in [-0.2, -0.15) is 5.10 Å².